The molecule has 0 aromatic heterocycles. The zero-order chi connectivity index (χ0) is 13.1. The van der Waals surface area contributed by atoms with E-state index in [1.807, 2.05) is 0 Å². The zero-order valence-electron chi connectivity index (χ0n) is 9.72. The summed E-state index contributed by atoms with van der Waals surface area (Å²) in [6.07, 6.45) is 4.75. The van der Waals surface area contributed by atoms with Gasteiger partial charge < -0.3 is 0 Å². The van der Waals surface area contributed by atoms with E-state index in [1.54, 1.807) is 0 Å². The van der Waals surface area contributed by atoms with Crippen LogP contribution in [0.1, 0.15) is 25.7 Å². The van der Waals surface area contributed by atoms with Crippen molar-refractivity contribution in [2.75, 3.05) is 16.7 Å². The molecule has 1 saturated carbocycles. The van der Waals surface area contributed by atoms with Crippen LogP contribution in [0.25, 0.3) is 0 Å². The van der Waals surface area contributed by atoms with Crippen LogP contribution in [0, 0.1) is 5.92 Å². The van der Waals surface area contributed by atoms with Crippen LogP contribution in [0.15, 0.2) is 0 Å². The Morgan fingerprint density at radius 1 is 1.18 bits per heavy atom. The van der Waals surface area contributed by atoms with Crippen molar-refractivity contribution >= 4 is 35.8 Å². The first kappa shape index (κ1) is 15.4. The minimum atomic E-state index is -3.74. The molecule has 1 aliphatic carbocycles. The van der Waals surface area contributed by atoms with Crippen molar-refractivity contribution in [2.45, 2.75) is 31.7 Å². The first-order valence-electron chi connectivity index (χ1n) is 5.47. The first-order chi connectivity index (χ1) is 7.73. The van der Waals surface area contributed by atoms with Gasteiger partial charge in [0.05, 0.1) is 0 Å². The molecular formula is C9H18BrNO4S2. The molecule has 0 aromatic rings. The molecule has 0 radical (unpaired) electrons. The Labute approximate surface area is 111 Å². The molecule has 0 aliphatic heterocycles. The van der Waals surface area contributed by atoms with Gasteiger partial charge in [0, 0.05) is 17.6 Å². The number of sulfone groups is 1. The maximum Gasteiger partial charge on any atom is 0.226 e. The van der Waals surface area contributed by atoms with E-state index in [4.69, 9.17) is 0 Å². The Morgan fingerprint density at radius 2 is 1.76 bits per heavy atom. The molecule has 102 valence electrons. The summed E-state index contributed by atoms with van der Waals surface area (Å²) in [5, 5.41) is -0.0927. The molecule has 0 bridgehead atoms. The standard InChI is InChI=1S/C9H18BrNO4S2/c1-16(12,13)7-17(14,15)11-9-5-3-2-4-8(9)6-10/h8-9,11H,2-7H2,1H3. The maximum atomic E-state index is 11.7. The highest BCUT2D eigenvalue weighted by Crippen LogP contribution is 2.26. The summed E-state index contributed by atoms with van der Waals surface area (Å²) in [4.78, 5) is 0. The molecule has 0 spiro atoms. The Hall–Kier alpha value is 0.340. The highest BCUT2D eigenvalue weighted by Gasteiger charge is 2.29. The Balaban J connectivity index is 2.69. The third-order valence-electron chi connectivity index (χ3n) is 2.81. The van der Waals surface area contributed by atoms with Crippen molar-refractivity contribution in [3.05, 3.63) is 0 Å². The lowest BCUT2D eigenvalue weighted by molar-refractivity contribution is 0.317. The van der Waals surface area contributed by atoms with E-state index in [-0.39, 0.29) is 12.0 Å². The summed E-state index contributed by atoms with van der Waals surface area (Å²) in [5.41, 5.74) is 0. The van der Waals surface area contributed by atoms with E-state index in [1.165, 1.54) is 0 Å². The van der Waals surface area contributed by atoms with Gasteiger partial charge in [0.25, 0.3) is 0 Å². The summed E-state index contributed by atoms with van der Waals surface area (Å²) in [7, 11) is -7.26. The second-order valence-electron chi connectivity index (χ2n) is 4.58. The first-order valence-corrected chi connectivity index (χ1v) is 10.3. The number of hydrogen-bond donors (Lipinski definition) is 1. The lowest BCUT2D eigenvalue weighted by Gasteiger charge is -2.30. The van der Waals surface area contributed by atoms with Crippen LogP contribution >= 0.6 is 15.9 Å². The van der Waals surface area contributed by atoms with Crippen LogP contribution < -0.4 is 4.72 Å². The second kappa shape index (κ2) is 5.99. The summed E-state index contributed by atoms with van der Waals surface area (Å²) in [6.45, 7) is 0. The molecule has 17 heavy (non-hydrogen) atoms. The third kappa shape index (κ3) is 5.67. The van der Waals surface area contributed by atoms with Crippen LogP contribution in [0.2, 0.25) is 0 Å². The Bertz CT molecular complexity index is 446. The van der Waals surface area contributed by atoms with E-state index < -0.39 is 24.9 Å². The summed E-state index contributed by atoms with van der Waals surface area (Å²) in [5.74, 6) is 0.248. The van der Waals surface area contributed by atoms with Crippen LogP contribution in [0.3, 0.4) is 0 Å². The van der Waals surface area contributed by atoms with Crippen LogP contribution in [-0.2, 0) is 19.9 Å². The predicted octanol–water partition coefficient (Wildman–Crippen LogP) is 0.862. The van der Waals surface area contributed by atoms with E-state index >= 15 is 0 Å². The fourth-order valence-electron chi connectivity index (χ4n) is 2.09. The molecule has 8 heteroatoms. The fourth-order valence-corrected chi connectivity index (χ4v) is 6.17. The van der Waals surface area contributed by atoms with Gasteiger partial charge in [0.15, 0.2) is 14.9 Å². The van der Waals surface area contributed by atoms with Crippen molar-refractivity contribution in [1.29, 1.82) is 0 Å². The minimum absolute atomic E-state index is 0.144. The van der Waals surface area contributed by atoms with Gasteiger partial charge in [0.2, 0.25) is 10.0 Å². The molecule has 0 saturated heterocycles. The van der Waals surface area contributed by atoms with Gasteiger partial charge >= 0.3 is 0 Å². The number of nitrogens with one attached hydrogen (secondary N) is 1. The third-order valence-corrected chi connectivity index (χ3v) is 7.25. The van der Waals surface area contributed by atoms with Crippen LogP contribution in [-0.4, -0.2) is 39.5 Å². The second-order valence-corrected chi connectivity index (χ2v) is 9.49. The number of rotatable bonds is 5. The molecule has 0 heterocycles. The summed E-state index contributed by atoms with van der Waals surface area (Å²) in [6, 6.07) is -0.144. The zero-order valence-corrected chi connectivity index (χ0v) is 12.9. The average molecular weight is 348 g/mol. The molecule has 1 aliphatic rings. The van der Waals surface area contributed by atoms with E-state index in [2.05, 4.69) is 20.7 Å². The molecule has 1 rings (SSSR count). The van der Waals surface area contributed by atoms with Crippen molar-refractivity contribution in [3.63, 3.8) is 0 Å². The molecule has 0 aromatic carbocycles. The minimum Gasteiger partial charge on any atom is -0.228 e. The summed E-state index contributed by atoms with van der Waals surface area (Å²) >= 11 is 3.37. The van der Waals surface area contributed by atoms with Gasteiger partial charge in [-0.05, 0) is 18.8 Å². The molecule has 5 nitrogen and oxygen atoms in total. The SMILES string of the molecule is CS(=O)(=O)CS(=O)(=O)NC1CCCCC1CBr. The van der Waals surface area contributed by atoms with Gasteiger partial charge in [0.1, 0.15) is 0 Å². The summed E-state index contributed by atoms with van der Waals surface area (Å²) < 4.78 is 47.9. The molecule has 2 atom stereocenters. The Kier molecular flexibility index (Phi) is 5.42. The van der Waals surface area contributed by atoms with Gasteiger partial charge in [-0.15, -0.1) is 0 Å². The largest absolute Gasteiger partial charge is 0.228 e. The molecule has 0 amide bonds. The van der Waals surface area contributed by atoms with Gasteiger partial charge in [-0.1, -0.05) is 28.8 Å². The predicted molar refractivity (Wildman–Crippen MR) is 71.3 cm³/mol. The van der Waals surface area contributed by atoms with Gasteiger partial charge in [-0.2, -0.15) is 0 Å². The lowest BCUT2D eigenvalue weighted by atomic mass is 9.87. The van der Waals surface area contributed by atoms with Crippen molar-refractivity contribution in [3.8, 4) is 0 Å². The smallest absolute Gasteiger partial charge is 0.226 e. The van der Waals surface area contributed by atoms with E-state index in [0.29, 0.717) is 0 Å². The average Bonchev–Trinajstić information content (AvgIpc) is 2.14. The molecular weight excluding hydrogens is 330 g/mol. The van der Waals surface area contributed by atoms with Crippen molar-refractivity contribution < 1.29 is 16.8 Å². The van der Waals surface area contributed by atoms with Crippen molar-refractivity contribution in [1.82, 2.24) is 4.72 Å². The highest BCUT2D eigenvalue weighted by molar-refractivity contribution is 9.09. The van der Waals surface area contributed by atoms with Gasteiger partial charge in [-0.3, -0.25) is 0 Å². The molecule has 1 N–H and O–H groups in total. The number of hydrogen-bond acceptors (Lipinski definition) is 4. The Morgan fingerprint density at radius 3 is 2.29 bits per heavy atom. The number of alkyl halides is 1. The maximum absolute atomic E-state index is 11.7. The van der Waals surface area contributed by atoms with Crippen LogP contribution in [0.4, 0.5) is 0 Å². The number of halogens is 1. The quantitative estimate of drug-likeness (QED) is 0.748. The van der Waals surface area contributed by atoms with E-state index in [9.17, 15) is 16.8 Å². The molecule has 2 unspecified atom stereocenters. The van der Waals surface area contributed by atoms with Crippen molar-refractivity contribution in [2.24, 2.45) is 5.92 Å². The highest BCUT2D eigenvalue weighted by atomic mass is 79.9. The lowest BCUT2D eigenvalue weighted by Crippen LogP contribution is -2.44. The van der Waals surface area contributed by atoms with E-state index in [0.717, 1.165) is 37.3 Å². The normalized spacial score (nSPS) is 26.9. The number of sulfonamides is 1. The topological polar surface area (TPSA) is 80.3 Å². The van der Waals surface area contributed by atoms with Crippen LogP contribution in [0.5, 0.6) is 0 Å². The molecule has 1 fully saturated rings. The monoisotopic (exact) mass is 347 g/mol. The van der Waals surface area contributed by atoms with Gasteiger partial charge in [-0.25, -0.2) is 21.6 Å². The fraction of sp³-hybridized carbons (Fsp3) is 1.00.